The topological polar surface area (TPSA) is 72.7 Å². The first-order valence-corrected chi connectivity index (χ1v) is 8.09. The van der Waals surface area contributed by atoms with E-state index in [0.717, 1.165) is 12.1 Å². The second kappa shape index (κ2) is 7.47. The van der Waals surface area contributed by atoms with Gasteiger partial charge in [-0.15, -0.1) is 0 Å². The van der Waals surface area contributed by atoms with E-state index in [4.69, 9.17) is 4.74 Å². The van der Waals surface area contributed by atoms with Crippen LogP contribution >= 0.6 is 0 Å². The number of rotatable bonds is 4. The lowest BCUT2D eigenvalue weighted by molar-refractivity contribution is -0.384. The van der Waals surface area contributed by atoms with E-state index < -0.39 is 16.6 Å². The summed E-state index contributed by atoms with van der Waals surface area (Å²) in [6.07, 6.45) is 0.841. The maximum atomic E-state index is 13.2. The quantitative estimate of drug-likeness (QED) is 0.616. The molecule has 3 rings (SSSR count). The van der Waals surface area contributed by atoms with Gasteiger partial charge in [-0.3, -0.25) is 14.9 Å². The number of non-ortho nitro benzene ring substituents is 1. The van der Waals surface area contributed by atoms with Gasteiger partial charge in [0.1, 0.15) is 11.9 Å². The van der Waals surface area contributed by atoms with Crippen LogP contribution in [0, 0.1) is 21.7 Å². The first-order chi connectivity index (χ1) is 12.4. The Bertz CT molecular complexity index is 836. The van der Waals surface area contributed by atoms with Crippen molar-refractivity contribution in [2.75, 3.05) is 13.1 Å². The number of nitro benzene ring substituents is 1. The molecule has 0 saturated carbocycles. The van der Waals surface area contributed by atoms with Gasteiger partial charge in [-0.1, -0.05) is 6.07 Å². The normalized spacial score (nSPS) is 14.9. The van der Waals surface area contributed by atoms with Gasteiger partial charge in [0, 0.05) is 49.7 Å². The summed E-state index contributed by atoms with van der Waals surface area (Å²) in [4.78, 5) is 24.4. The molecule has 0 unspecified atom stereocenters. The zero-order valence-electron chi connectivity index (χ0n) is 13.7. The number of ether oxygens (including phenoxy) is 1. The summed E-state index contributed by atoms with van der Waals surface area (Å²) in [7, 11) is 0. The van der Waals surface area contributed by atoms with Crippen LogP contribution in [-0.2, 0) is 0 Å². The number of carbonyl (C=O) groups is 1. The maximum absolute atomic E-state index is 13.2. The molecule has 8 heteroatoms. The van der Waals surface area contributed by atoms with E-state index in [9.17, 15) is 23.7 Å². The van der Waals surface area contributed by atoms with Crippen molar-refractivity contribution in [2.24, 2.45) is 0 Å². The van der Waals surface area contributed by atoms with E-state index in [-0.39, 0.29) is 29.0 Å². The molecule has 0 atom stereocenters. The van der Waals surface area contributed by atoms with Crippen LogP contribution in [0.4, 0.5) is 14.5 Å². The van der Waals surface area contributed by atoms with Gasteiger partial charge in [-0.05, 0) is 18.2 Å². The van der Waals surface area contributed by atoms with Gasteiger partial charge >= 0.3 is 0 Å². The van der Waals surface area contributed by atoms with Gasteiger partial charge in [0.25, 0.3) is 11.6 Å². The number of likely N-dealkylation sites (tertiary alicyclic amines) is 1. The van der Waals surface area contributed by atoms with E-state index in [1.807, 2.05) is 0 Å². The van der Waals surface area contributed by atoms with Crippen molar-refractivity contribution in [1.29, 1.82) is 0 Å². The number of nitrogens with zero attached hydrogens (tertiary/aromatic N) is 2. The second-order valence-electron chi connectivity index (χ2n) is 5.99. The third-order valence-electron chi connectivity index (χ3n) is 4.23. The van der Waals surface area contributed by atoms with Crippen LogP contribution in [-0.4, -0.2) is 34.9 Å². The lowest BCUT2D eigenvalue weighted by Gasteiger charge is -2.32. The highest BCUT2D eigenvalue weighted by Crippen LogP contribution is 2.22. The van der Waals surface area contributed by atoms with Crippen molar-refractivity contribution in [1.82, 2.24) is 4.90 Å². The molecule has 1 aliphatic heterocycles. The standard InChI is InChI=1S/C18H16F2N2O4/c19-16-5-4-15(11-17(16)20)26-14-6-8-21(9-7-14)18(23)12-2-1-3-13(10-12)22(24)25/h1-5,10-11,14H,6-9H2. The molecular weight excluding hydrogens is 346 g/mol. The van der Waals surface area contributed by atoms with Crippen molar-refractivity contribution in [2.45, 2.75) is 18.9 Å². The molecule has 1 amide bonds. The minimum Gasteiger partial charge on any atom is -0.490 e. The third-order valence-corrected chi connectivity index (χ3v) is 4.23. The summed E-state index contributed by atoms with van der Waals surface area (Å²) < 4.78 is 31.8. The molecule has 0 spiro atoms. The Balaban J connectivity index is 1.59. The highest BCUT2D eigenvalue weighted by molar-refractivity contribution is 5.94. The van der Waals surface area contributed by atoms with Crippen LogP contribution in [0.1, 0.15) is 23.2 Å². The minimum absolute atomic E-state index is 0.132. The van der Waals surface area contributed by atoms with E-state index in [1.54, 1.807) is 11.0 Å². The van der Waals surface area contributed by atoms with Crippen LogP contribution in [0.2, 0.25) is 0 Å². The van der Waals surface area contributed by atoms with Gasteiger partial charge in [-0.25, -0.2) is 8.78 Å². The lowest BCUT2D eigenvalue weighted by Crippen LogP contribution is -2.41. The molecule has 0 aromatic heterocycles. The Morgan fingerprint density at radius 3 is 2.50 bits per heavy atom. The van der Waals surface area contributed by atoms with E-state index in [2.05, 4.69) is 0 Å². The molecule has 2 aromatic rings. The summed E-state index contributed by atoms with van der Waals surface area (Å²) in [6, 6.07) is 8.97. The predicted octanol–water partition coefficient (Wildman–Crippen LogP) is 3.56. The zero-order valence-corrected chi connectivity index (χ0v) is 13.7. The van der Waals surface area contributed by atoms with Crippen molar-refractivity contribution in [3.05, 3.63) is 69.8 Å². The van der Waals surface area contributed by atoms with Crippen molar-refractivity contribution in [3.8, 4) is 5.75 Å². The van der Waals surface area contributed by atoms with E-state index in [1.165, 1.54) is 24.3 Å². The number of piperidine rings is 1. The molecule has 1 fully saturated rings. The molecule has 6 nitrogen and oxygen atoms in total. The summed E-state index contributed by atoms with van der Waals surface area (Å²) in [5.41, 5.74) is 0.131. The van der Waals surface area contributed by atoms with Gasteiger partial charge in [-0.2, -0.15) is 0 Å². The lowest BCUT2D eigenvalue weighted by atomic mass is 10.1. The number of amides is 1. The average molecular weight is 362 g/mol. The molecular formula is C18H16F2N2O4. The first-order valence-electron chi connectivity index (χ1n) is 8.09. The summed E-state index contributed by atoms with van der Waals surface area (Å²) in [6.45, 7) is 0.825. The Kier molecular flexibility index (Phi) is 5.11. The first kappa shape index (κ1) is 17.8. The smallest absolute Gasteiger partial charge is 0.270 e. The van der Waals surface area contributed by atoms with Gasteiger partial charge < -0.3 is 9.64 Å². The Morgan fingerprint density at radius 1 is 1.12 bits per heavy atom. The third kappa shape index (κ3) is 3.96. The predicted molar refractivity (Wildman–Crippen MR) is 89.0 cm³/mol. The maximum Gasteiger partial charge on any atom is 0.270 e. The average Bonchev–Trinajstić information content (AvgIpc) is 2.65. The second-order valence-corrected chi connectivity index (χ2v) is 5.99. The Labute approximate surface area is 148 Å². The molecule has 1 saturated heterocycles. The number of benzene rings is 2. The van der Waals surface area contributed by atoms with Crippen LogP contribution in [0.5, 0.6) is 5.75 Å². The summed E-state index contributed by atoms with van der Waals surface area (Å²) in [5.74, 6) is -1.94. The Morgan fingerprint density at radius 2 is 1.85 bits per heavy atom. The van der Waals surface area contributed by atoms with Gasteiger partial charge in [0.2, 0.25) is 0 Å². The zero-order chi connectivity index (χ0) is 18.7. The molecule has 0 radical (unpaired) electrons. The minimum atomic E-state index is -0.971. The molecule has 2 aromatic carbocycles. The molecule has 136 valence electrons. The molecule has 26 heavy (non-hydrogen) atoms. The number of carbonyl (C=O) groups excluding carboxylic acids is 1. The van der Waals surface area contributed by atoms with Crippen molar-refractivity contribution in [3.63, 3.8) is 0 Å². The molecule has 0 aliphatic carbocycles. The van der Waals surface area contributed by atoms with Crippen molar-refractivity contribution < 1.29 is 23.2 Å². The van der Waals surface area contributed by atoms with Crippen LogP contribution < -0.4 is 4.74 Å². The molecule has 0 bridgehead atoms. The highest BCUT2D eigenvalue weighted by Gasteiger charge is 2.25. The molecule has 1 heterocycles. The SMILES string of the molecule is O=C(c1cccc([N+](=O)[O-])c1)N1CCC(Oc2ccc(F)c(F)c2)CC1. The number of hydrogen-bond donors (Lipinski definition) is 0. The van der Waals surface area contributed by atoms with Crippen molar-refractivity contribution >= 4 is 11.6 Å². The fraction of sp³-hybridized carbons (Fsp3) is 0.278. The van der Waals surface area contributed by atoms with Gasteiger partial charge in [0.15, 0.2) is 11.6 Å². The van der Waals surface area contributed by atoms with Crippen LogP contribution in [0.3, 0.4) is 0 Å². The largest absolute Gasteiger partial charge is 0.490 e. The number of halogens is 2. The van der Waals surface area contributed by atoms with E-state index in [0.29, 0.717) is 25.9 Å². The number of hydrogen-bond acceptors (Lipinski definition) is 4. The monoisotopic (exact) mass is 362 g/mol. The summed E-state index contributed by atoms with van der Waals surface area (Å²) >= 11 is 0. The number of nitro groups is 1. The van der Waals surface area contributed by atoms with Gasteiger partial charge in [0.05, 0.1) is 4.92 Å². The Hall–Kier alpha value is -3.03. The molecule has 0 N–H and O–H groups in total. The fourth-order valence-electron chi connectivity index (χ4n) is 2.85. The van der Waals surface area contributed by atoms with E-state index >= 15 is 0 Å². The molecule has 1 aliphatic rings. The van der Waals surface area contributed by atoms with Crippen LogP contribution in [0.15, 0.2) is 42.5 Å². The van der Waals surface area contributed by atoms with Crippen LogP contribution in [0.25, 0.3) is 0 Å². The highest BCUT2D eigenvalue weighted by atomic mass is 19.2. The summed E-state index contributed by atoms with van der Waals surface area (Å²) in [5, 5.41) is 10.8. The fourth-order valence-corrected chi connectivity index (χ4v) is 2.85.